The summed E-state index contributed by atoms with van der Waals surface area (Å²) in [6.45, 7) is -0.0134. The van der Waals surface area contributed by atoms with E-state index in [2.05, 4.69) is 21.2 Å². The van der Waals surface area contributed by atoms with Crippen molar-refractivity contribution in [3.63, 3.8) is 0 Å². The summed E-state index contributed by atoms with van der Waals surface area (Å²) in [6.07, 6.45) is -0.644. The summed E-state index contributed by atoms with van der Waals surface area (Å²) in [5.74, 6) is 0. The lowest BCUT2D eigenvalue weighted by molar-refractivity contribution is -0.137. The van der Waals surface area contributed by atoms with Crippen LogP contribution >= 0.6 is 15.9 Å². The van der Waals surface area contributed by atoms with Gasteiger partial charge in [0, 0.05) is 10.2 Å². The van der Waals surface area contributed by atoms with Crippen molar-refractivity contribution in [1.82, 2.24) is 0 Å². The van der Waals surface area contributed by atoms with E-state index in [4.69, 9.17) is 0 Å². The third-order valence-electron chi connectivity index (χ3n) is 3.56. The van der Waals surface area contributed by atoms with Gasteiger partial charge in [0.25, 0.3) is 0 Å². The standard InChI is InChI=1S/C13H15BrF3NO/c14-10-7-9(13(15,16)17)3-4-11(10)18-12(8-19)5-1-2-6-12/h3-4,7,18-19H,1-2,5-6,8H2. The number of rotatable bonds is 3. The van der Waals surface area contributed by atoms with Crippen LogP contribution in [-0.2, 0) is 6.18 Å². The van der Waals surface area contributed by atoms with E-state index in [9.17, 15) is 18.3 Å². The Morgan fingerprint density at radius 2 is 1.89 bits per heavy atom. The van der Waals surface area contributed by atoms with Gasteiger partial charge in [-0.1, -0.05) is 12.8 Å². The van der Waals surface area contributed by atoms with Crippen molar-refractivity contribution >= 4 is 21.6 Å². The van der Waals surface area contributed by atoms with Gasteiger partial charge in [-0.25, -0.2) is 0 Å². The molecule has 19 heavy (non-hydrogen) atoms. The van der Waals surface area contributed by atoms with E-state index in [0.717, 1.165) is 37.8 Å². The van der Waals surface area contributed by atoms with E-state index in [1.165, 1.54) is 6.07 Å². The molecule has 1 saturated carbocycles. The molecule has 2 rings (SSSR count). The molecule has 0 heterocycles. The highest BCUT2D eigenvalue weighted by Crippen LogP contribution is 2.38. The summed E-state index contributed by atoms with van der Waals surface area (Å²) in [4.78, 5) is 0. The second-order valence-electron chi connectivity index (χ2n) is 4.96. The fraction of sp³-hybridized carbons (Fsp3) is 0.538. The molecule has 0 aliphatic heterocycles. The molecular weight excluding hydrogens is 323 g/mol. The predicted molar refractivity (Wildman–Crippen MR) is 71.1 cm³/mol. The van der Waals surface area contributed by atoms with Crippen molar-refractivity contribution in [2.75, 3.05) is 11.9 Å². The van der Waals surface area contributed by atoms with Crippen LogP contribution in [0, 0.1) is 0 Å². The monoisotopic (exact) mass is 337 g/mol. The molecule has 0 unspecified atom stereocenters. The highest BCUT2D eigenvalue weighted by Gasteiger charge is 2.34. The normalized spacial score (nSPS) is 18.6. The van der Waals surface area contributed by atoms with Crippen LogP contribution in [0.25, 0.3) is 0 Å². The number of benzene rings is 1. The zero-order valence-corrected chi connectivity index (χ0v) is 11.8. The fourth-order valence-corrected chi connectivity index (χ4v) is 2.93. The molecule has 0 radical (unpaired) electrons. The molecule has 0 aromatic heterocycles. The van der Waals surface area contributed by atoms with E-state index in [1.54, 1.807) is 0 Å². The summed E-state index contributed by atoms with van der Waals surface area (Å²) in [5.41, 5.74) is -0.499. The molecule has 1 aromatic rings. The van der Waals surface area contributed by atoms with Crippen LogP contribution < -0.4 is 5.32 Å². The highest BCUT2D eigenvalue weighted by atomic mass is 79.9. The molecule has 6 heteroatoms. The van der Waals surface area contributed by atoms with Crippen LogP contribution in [0.15, 0.2) is 22.7 Å². The second kappa shape index (κ2) is 5.32. The molecule has 1 aliphatic rings. The van der Waals surface area contributed by atoms with Crippen LogP contribution in [0.2, 0.25) is 0 Å². The summed E-state index contributed by atoms with van der Waals surface area (Å²) in [5, 5.41) is 12.7. The van der Waals surface area contributed by atoms with E-state index < -0.39 is 17.3 Å². The van der Waals surface area contributed by atoms with Crippen molar-refractivity contribution in [1.29, 1.82) is 0 Å². The molecule has 0 spiro atoms. The van der Waals surface area contributed by atoms with Gasteiger partial charge in [-0.3, -0.25) is 0 Å². The lowest BCUT2D eigenvalue weighted by atomic mass is 9.98. The molecule has 1 aliphatic carbocycles. The van der Waals surface area contributed by atoms with Crippen molar-refractivity contribution in [3.05, 3.63) is 28.2 Å². The Bertz CT molecular complexity index is 456. The average Bonchev–Trinajstić information content (AvgIpc) is 2.80. The first kappa shape index (κ1) is 14.7. The highest BCUT2D eigenvalue weighted by molar-refractivity contribution is 9.10. The van der Waals surface area contributed by atoms with Crippen molar-refractivity contribution in [3.8, 4) is 0 Å². The third-order valence-corrected chi connectivity index (χ3v) is 4.22. The van der Waals surface area contributed by atoms with Gasteiger partial charge in [-0.05, 0) is 47.0 Å². The second-order valence-corrected chi connectivity index (χ2v) is 5.82. The maximum atomic E-state index is 12.6. The van der Waals surface area contributed by atoms with Gasteiger partial charge in [0.1, 0.15) is 0 Å². The van der Waals surface area contributed by atoms with Crippen LogP contribution in [-0.4, -0.2) is 17.3 Å². The van der Waals surface area contributed by atoms with Crippen LogP contribution in [0.1, 0.15) is 31.2 Å². The number of alkyl halides is 3. The van der Waals surface area contributed by atoms with Gasteiger partial charge in [0.05, 0.1) is 17.7 Å². The number of aliphatic hydroxyl groups is 1. The SMILES string of the molecule is OCC1(Nc2ccc(C(F)(F)F)cc2Br)CCCC1. The molecule has 2 nitrogen and oxygen atoms in total. The van der Waals surface area contributed by atoms with E-state index in [-0.39, 0.29) is 6.61 Å². The van der Waals surface area contributed by atoms with E-state index in [1.807, 2.05) is 0 Å². The van der Waals surface area contributed by atoms with Gasteiger partial charge in [-0.15, -0.1) is 0 Å². The number of hydrogen-bond donors (Lipinski definition) is 2. The Morgan fingerprint density at radius 1 is 1.26 bits per heavy atom. The first-order chi connectivity index (χ1) is 8.86. The molecule has 2 N–H and O–H groups in total. The largest absolute Gasteiger partial charge is 0.416 e. The Morgan fingerprint density at radius 3 is 2.37 bits per heavy atom. The molecule has 106 valence electrons. The molecular formula is C13H15BrF3NO. The maximum Gasteiger partial charge on any atom is 0.416 e. The van der Waals surface area contributed by atoms with Gasteiger partial charge >= 0.3 is 6.18 Å². The Kier molecular flexibility index (Phi) is 4.11. The van der Waals surface area contributed by atoms with Gasteiger partial charge in [-0.2, -0.15) is 13.2 Å². The molecule has 0 saturated heterocycles. The van der Waals surface area contributed by atoms with Crippen molar-refractivity contribution in [2.45, 2.75) is 37.4 Å². The van der Waals surface area contributed by atoms with Crippen LogP contribution in [0.4, 0.5) is 18.9 Å². The van der Waals surface area contributed by atoms with Crippen LogP contribution in [0.3, 0.4) is 0 Å². The van der Waals surface area contributed by atoms with E-state index >= 15 is 0 Å². The lowest BCUT2D eigenvalue weighted by Crippen LogP contribution is -2.39. The zero-order chi connectivity index (χ0) is 14.1. The summed E-state index contributed by atoms with van der Waals surface area (Å²) in [7, 11) is 0. The minimum Gasteiger partial charge on any atom is -0.394 e. The quantitative estimate of drug-likeness (QED) is 0.866. The zero-order valence-electron chi connectivity index (χ0n) is 10.2. The number of aliphatic hydroxyl groups excluding tert-OH is 1. The summed E-state index contributed by atoms with van der Waals surface area (Å²) < 4.78 is 38.1. The summed E-state index contributed by atoms with van der Waals surface area (Å²) in [6, 6.07) is 3.51. The molecule has 1 aromatic carbocycles. The Hall–Kier alpha value is -0.750. The van der Waals surface area contributed by atoms with Gasteiger partial charge in [0.15, 0.2) is 0 Å². The van der Waals surface area contributed by atoms with Crippen molar-refractivity contribution < 1.29 is 18.3 Å². The number of hydrogen-bond acceptors (Lipinski definition) is 2. The Balaban J connectivity index is 2.22. The fourth-order valence-electron chi connectivity index (χ4n) is 2.45. The molecule has 1 fully saturated rings. The first-order valence-corrected chi connectivity index (χ1v) is 6.91. The minimum atomic E-state index is -4.34. The number of nitrogens with one attached hydrogen (secondary N) is 1. The van der Waals surface area contributed by atoms with Crippen molar-refractivity contribution in [2.24, 2.45) is 0 Å². The average molecular weight is 338 g/mol. The maximum absolute atomic E-state index is 12.6. The van der Waals surface area contributed by atoms with Crippen LogP contribution in [0.5, 0.6) is 0 Å². The summed E-state index contributed by atoms with van der Waals surface area (Å²) >= 11 is 3.16. The first-order valence-electron chi connectivity index (χ1n) is 6.12. The molecule has 0 bridgehead atoms. The van der Waals surface area contributed by atoms with Gasteiger partial charge < -0.3 is 10.4 Å². The lowest BCUT2D eigenvalue weighted by Gasteiger charge is -2.30. The number of halogens is 4. The predicted octanol–water partition coefficient (Wildman–Crippen LogP) is 4.18. The molecule has 0 atom stereocenters. The third kappa shape index (κ3) is 3.23. The smallest absolute Gasteiger partial charge is 0.394 e. The Labute approximate surface area is 118 Å². The molecule has 0 amide bonds. The van der Waals surface area contributed by atoms with E-state index in [0.29, 0.717) is 10.2 Å². The number of anilines is 1. The van der Waals surface area contributed by atoms with Gasteiger partial charge in [0.2, 0.25) is 0 Å². The topological polar surface area (TPSA) is 32.3 Å². The minimum absolute atomic E-state index is 0.0134.